The van der Waals surface area contributed by atoms with E-state index >= 15 is 0 Å². The monoisotopic (exact) mass is 247 g/mol. The molecule has 0 saturated heterocycles. The first-order valence-electron chi connectivity index (χ1n) is 5.75. The van der Waals surface area contributed by atoms with Crippen molar-refractivity contribution in [2.45, 2.75) is 27.7 Å². The molecule has 0 radical (unpaired) electrons. The fourth-order valence-corrected chi connectivity index (χ4v) is 2.01. The minimum absolute atomic E-state index is 0.147. The Morgan fingerprint density at radius 1 is 1.22 bits per heavy atom. The number of H-pyrrole nitrogens is 1. The van der Waals surface area contributed by atoms with Gasteiger partial charge < -0.3 is 5.32 Å². The Hall–Kier alpha value is -2.11. The zero-order chi connectivity index (χ0) is 13.4. The molecule has 6 nitrogen and oxygen atoms in total. The minimum atomic E-state index is -0.147. The van der Waals surface area contributed by atoms with Crippen molar-refractivity contribution in [2.24, 2.45) is 7.05 Å². The molecule has 6 heteroatoms. The van der Waals surface area contributed by atoms with E-state index in [1.54, 1.807) is 4.68 Å². The fraction of sp³-hybridized carbons (Fsp3) is 0.417. The molecule has 96 valence electrons. The van der Waals surface area contributed by atoms with Gasteiger partial charge in [0.15, 0.2) is 0 Å². The van der Waals surface area contributed by atoms with Crippen molar-refractivity contribution < 1.29 is 4.79 Å². The van der Waals surface area contributed by atoms with Crippen LogP contribution in [0.2, 0.25) is 0 Å². The number of aromatic nitrogens is 4. The summed E-state index contributed by atoms with van der Waals surface area (Å²) in [7, 11) is 1.83. The van der Waals surface area contributed by atoms with Crippen LogP contribution in [0, 0.1) is 27.7 Å². The number of rotatable bonds is 2. The van der Waals surface area contributed by atoms with Gasteiger partial charge >= 0.3 is 0 Å². The Bertz CT molecular complexity index is 589. The number of amides is 1. The molecule has 2 aromatic heterocycles. The van der Waals surface area contributed by atoms with Crippen molar-refractivity contribution in [3.8, 4) is 0 Å². The predicted molar refractivity (Wildman–Crippen MR) is 68.7 cm³/mol. The van der Waals surface area contributed by atoms with E-state index in [-0.39, 0.29) is 5.91 Å². The molecule has 2 N–H and O–H groups in total. The summed E-state index contributed by atoms with van der Waals surface area (Å²) in [5.74, 6) is -0.147. The van der Waals surface area contributed by atoms with Crippen LogP contribution >= 0.6 is 0 Å². The highest BCUT2D eigenvalue weighted by molar-refractivity contribution is 6.06. The van der Waals surface area contributed by atoms with Gasteiger partial charge in [0.2, 0.25) is 0 Å². The molecule has 0 atom stereocenters. The van der Waals surface area contributed by atoms with Crippen LogP contribution < -0.4 is 5.32 Å². The van der Waals surface area contributed by atoms with Crippen LogP contribution in [0.3, 0.4) is 0 Å². The maximum Gasteiger partial charge on any atom is 0.259 e. The quantitative estimate of drug-likeness (QED) is 0.846. The first-order chi connectivity index (χ1) is 8.41. The first kappa shape index (κ1) is 12.3. The van der Waals surface area contributed by atoms with Crippen LogP contribution in [0.1, 0.15) is 33.1 Å². The molecule has 0 saturated carbocycles. The maximum atomic E-state index is 12.3. The van der Waals surface area contributed by atoms with Gasteiger partial charge in [-0.05, 0) is 27.7 Å². The molecule has 0 aliphatic heterocycles. The molecule has 0 aliphatic rings. The zero-order valence-corrected chi connectivity index (χ0v) is 11.2. The van der Waals surface area contributed by atoms with Gasteiger partial charge in [0.25, 0.3) is 5.91 Å². The average Bonchev–Trinajstić information content (AvgIpc) is 2.73. The molecule has 2 aromatic rings. The van der Waals surface area contributed by atoms with Gasteiger partial charge in [0.05, 0.1) is 28.3 Å². The number of nitrogens with one attached hydrogen (secondary N) is 2. The molecule has 0 aromatic carbocycles. The average molecular weight is 247 g/mol. The van der Waals surface area contributed by atoms with E-state index in [2.05, 4.69) is 20.6 Å². The van der Waals surface area contributed by atoms with Gasteiger partial charge in [0.1, 0.15) is 0 Å². The molecule has 0 fully saturated rings. The molecular weight excluding hydrogens is 230 g/mol. The lowest BCUT2D eigenvalue weighted by Crippen LogP contribution is -2.15. The Balaban J connectivity index is 2.33. The van der Waals surface area contributed by atoms with Crippen molar-refractivity contribution in [1.82, 2.24) is 20.0 Å². The van der Waals surface area contributed by atoms with Gasteiger partial charge in [-0.15, -0.1) is 0 Å². The van der Waals surface area contributed by atoms with Crippen molar-refractivity contribution in [3.63, 3.8) is 0 Å². The minimum Gasteiger partial charge on any atom is -0.319 e. The summed E-state index contributed by atoms with van der Waals surface area (Å²) in [5.41, 5.74) is 4.57. The van der Waals surface area contributed by atoms with Gasteiger partial charge in [0, 0.05) is 12.7 Å². The third-order valence-electron chi connectivity index (χ3n) is 3.10. The zero-order valence-electron chi connectivity index (χ0n) is 11.2. The molecule has 1 amide bonds. The van der Waals surface area contributed by atoms with E-state index in [1.807, 2.05) is 34.7 Å². The predicted octanol–water partition coefficient (Wildman–Crippen LogP) is 1.63. The van der Waals surface area contributed by atoms with Crippen LogP contribution in [0.4, 0.5) is 5.69 Å². The lowest BCUT2D eigenvalue weighted by molar-refractivity contribution is 0.102. The molecular formula is C12H17N5O. The second-order valence-electron chi connectivity index (χ2n) is 4.43. The highest BCUT2D eigenvalue weighted by atomic mass is 16.1. The van der Waals surface area contributed by atoms with Crippen molar-refractivity contribution in [2.75, 3.05) is 5.32 Å². The fourth-order valence-electron chi connectivity index (χ4n) is 2.01. The second-order valence-corrected chi connectivity index (χ2v) is 4.43. The number of nitrogens with zero attached hydrogens (tertiary/aromatic N) is 3. The third kappa shape index (κ3) is 1.90. The summed E-state index contributed by atoms with van der Waals surface area (Å²) in [4.78, 5) is 12.3. The third-order valence-corrected chi connectivity index (χ3v) is 3.10. The molecule has 18 heavy (non-hydrogen) atoms. The number of hydrogen-bond donors (Lipinski definition) is 2. The molecule has 0 unspecified atom stereocenters. The summed E-state index contributed by atoms with van der Waals surface area (Å²) in [6, 6.07) is 0. The summed E-state index contributed by atoms with van der Waals surface area (Å²) in [5, 5.41) is 14.0. The molecule has 2 heterocycles. The van der Waals surface area contributed by atoms with E-state index < -0.39 is 0 Å². The van der Waals surface area contributed by atoms with E-state index in [0.29, 0.717) is 5.56 Å². The molecule has 0 aliphatic carbocycles. The van der Waals surface area contributed by atoms with Crippen LogP contribution in [0.15, 0.2) is 0 Å². The van der Waals surface area contributed by atoms with Crippen LogP contribution in [-0.4, -0.2) is 25.9 Å². The smallest absolute Gasteiger partial charge is 0.259 e. The normalized spacial score (nSPS) is 10.7. The van der Waals surface area contributed by atoms with E-state index in [0.717, 1.165) is 28.5 Å². The Morgan fingerprint density at radius 2 is 1.89 bits per heavy atom. The Kier molecular flexibility index (Phi) is 2.94. The Morgan fingerprint density at radius 3 is 2.33 bits per heavy atom. The van der Waals surface area contributed by atoms with Crippen LogP contribution in [0.25, 0.3) is 0 Å². The summed E-state index contributed by atoms with van der Waals surface area (Å²) in [6.45, 7) is 7.43. The summed E-state index contributed by atoms with van der Waals surface area (Å²) >= 11 is 0. The largest absolute Gasteiger partial charge is 0.319 e. The van der Waals surface area contributed by atoms with Crippen molar-refractivity contribution >= 4 is 11.6 Å². The molecule has 2 rings (SSSR count). The summed E-state index contributed by atoms with van der Waals surface area (Å²) in [6.07, 6.45) is 0. The van der Waals surface area contributed by atoms with E-state index in [4.69, 9.17) is 0 Å². The first-order valence-corrected chi connectivity index (χ1v) is 5.75. The van der Waals surface area contributed by atoms with E-state index in [1.165, 1.54) is 0 Å². The lowest BCUT2D eigenvalue weighted by Gasteiger charge is -2.05. The molecule has 0 bridgehead atoms. The van der Waals surface area contributed by atoms with Crippen molar-refractivity contribution in [1.29, 1.82) is 0 Å². The van der Waals surface area contributed by atoms with Crippen molar-refractivity contribution in [3.05, 3.63) is 28.3 Å². The number of aryl methyl sites for hydroxylation is 4. The van der Waals surface area contributed by atoms with Gasteiger partial charge in [-0.25, -0.2) is 0 Å². The summed E-state index contributed by atoms with van der Waals surface area (Å²) < 4.78 is 1.71. The lowest BCUT2D eigenvalue weighted by atomic mass is 10.1. The SMILES string of the molecule is Cc1n[nH]c(C)c1NC(=O)c1c(C)nn(C)c1C. The topological polar surface area (TPSA) is 75.6 Å². The highest BCUT2D eigenvalue weighted by Gasteiger charge is 2.19. The number of carbonyl (C=O) groups is 1. The molecule has 0 spiro atoms. The number of hydrogen-bond acceptors (Lipinski definition) is 3. The number of aromatic amines is 1. The highest BCUT2D eigenvalue weighted by Crippen LogP contribution is 2.19. The van der Waals surface area contributed by atoms with Gasteiger partial charge in [-0.3, -0.25) is 14.6 Å². The van der Waals surface area contributed by atoms with Gasteiger partial charge in [-0.2, -0.15) is 10.2 Å². The number of anilines is 1. The second kappa shape index (κ2) is 4.29. The van der Waals surface area contributed by atoms with Crippen LogP contribution in [-0.2, 0) is 7.05 Å². The van der Waals surface area contributed by atoms with Crippen LogP contribution in [0.5, 0.6) is 0 Å². The number of carbonyl (C=O) groups excluding carboxylic acids is 1. The maximum absolute atomic E-state index is 12.3. The Labute approximate surface area is 105 Å². The van der Waals surface area contributed by atoms with E-state index in [9.17, 15) is 4.79 Å². The van der Waals surface area contributed by atoms with Gasteiger partial charge in [-0.1, -0.05) is 0 Å². The standard InChI is InChI=1S/C12H17N5O/c1-6-10(9(4)17(5)16-6)12(18)13-11-7(2)14-15-8(11)3/h1-5H3,(H,13,18)(H,14,15).